The molecule has 0 aliphatic heterocycles. The van der Waals surface area contributed by atoms with Crippen molar-refractivity contribution in [3.05, 3.63) is 0 Å². The van der Waals surface area contributed by atoms with Gasteiger partial charge in [0.1, 0.15) is 6.10 Å². The molecule has 1 unspecified atom stereocenters. The Balaban J connectivity index is 4.45. The highest BCUT2D eigenvalue weighted by Gasteiger charge is 2.38. The molecule has 0 aromatic rings. The fourth-order valence-corrected chi connectivity index (χ4v) is 1.88. The summed E-state index contributed by atoms with van der Waals surface area (Å²) in [5.41, 5.74) is 0. The van der Waals surface area contributed by atoms with E-state index in [1.54, 1.807) is 0 Å². The lowest BCUT2D eigenvalue weighted by Gasteiger charge is -2.36. The molecular weight excluding hydrogens is 200 g/mol. The van der Waals surface area contributed by atoms with Crippen LogP contribution < -0.4 is 0 Å². The number of hydrogen-bond acceptors (Lipinski definition) is 4. The van der Waals surface area contributed by atoms with Crippen LogP contribution in [0.3, 0.4) is 0 Å². The van der Waals surface area contributed by atoms with E-state index in [2.05, 4.69) is 0 Å². The van der Waals surface area contributed by atoms with Gasteiger partial charge in [0.2, 0.25) is 0 Å². The van der Waals surface area contributed by atoms with Crippen molar-refractivity contribution >= 4 is 10.5 Å². The minimum absolute atomic E-state index is 0.218. The molecule has 0 amide bonds. The zero-order valence-corrected chi connectivity index (χ0v) is 11.8. The maximum atomic E-state index is 5.50. The van der Waals surface area contributed by atoms with Crippen molar-refractivity contribution in [1.29, 1.82) is 0 Å². The van der Waals surface area contributed by atoms with Gasteiger partial charge < -0.3 is 18.6 Å². The first-order valence-corrected chi connectivity index (χ1v) is 5.93. The monoisotopic (exact) mass is 222 g/mol. The summed E-state index contributed by atoms with van der Waals surface area (Å²) in [5, 5.41) is 0. The van der Waals surface area contributed by atoms with E-state index in [0.29, 0.717) is 30.3 Å². The van der Waals surface area contributed by atoms with Gasteiger partial charge in [-0.2, -0.15) is 0 Å². The van der Waals surface area contributed by atoms with Crippen molar-refractivity contribution in [3.63, 3.8) is 0 Å². The molecule has 0 N–H and O–H groups in total. The molecule has 0 radical (unpaired) electrons. The van der Waals surface area contributed by atoms with Crippen LogP contribution in [0.5, 0.6) is 0 Å². The highest BCUT2D eigenvalue weighted by Crippen LogP contribution is 2.21. The van der Waals surface area contributed by atoms with E-state index in [1.807, 2.05) is 27.7 Å². The predicted octanol–water partition coefficient (Wildman–Crippen LogP) is 0.435. The first kappa shape index (κ1) is 14.1. The van der Waals surface area contributed by atoms with Gasteiger partial charge in [0.05, 0.1) is 0 Å². The maximum Gasteiger partial charge on any atom is 0.300 e. The van der Waals surface area contributed by atoms with E-state index >= 15 is 0 Å². The van der Waals surface area contributed by atoms with Crippen molar-refractivity contribution in [3.8, 4) is 0 Å². The standard InChI is InChI=1S/C9H22O4Si/c1-5-10-8(4)9(13-14,11-6-2)12-7-3/h8H,5-7H2,1-4,14H3. The van der Waals surface area contributed by atoms with Crippen LogP contribution in [0, 0.1) is 0 Å². The summed E-state index contributed by atoms with van der Waals surface area (Å²) in [7, 11) is 0.550. The smallest absolute Gasteiger partial charge is 0.300 e. The van der Waals surface area contributed by atoms with E-state index < -0.39 is 5.97 Å². The summed E-state index contributed by atoms with van der Waals surface area (Å²) in [5.74, 6) is -1.01. The molecule has 0 bridgehead atoms. The fourth-order valence-electron chi connectivity index (χ4n) is 1.31. The van der Waals surface area contributed by atoms with E-state index in [9.17, 15) is 0 Å². The third kappa shape index (κ3) is 3.66. The molecule has 4 nitrogen and oxygen atoms in total. The van der Waals surface area contributed by atoms with Gasteiger partial charge in [-0.25, -0.2) is 0 Å². The van der Waals surface area contributed by atoms with Crippen molar-refractivity contribution in [2.24, 2.45) is 0 Å². The molecule has 0 spiro atoms. The molecule has 0 aromatic heterocycles. The quantitative estimate of drug-likeness (QED) is 0.441. The van der Waals surface area contributed by atoms with Crippen molar-refractivity contribution in [2.75, 3.05) is 19.8 Å². The molecule has 0 aliphatic rings. The average molecular weight is 222 g/mol. The van der Waals surface area contributed by atoms with Crippen molar-refractivity contribution < 1.29 is 18.6 Å². The number of rotatable bonds is 8. The minimum Gasteiger partial charge on any atom is -0.378 e. The Bertz CT molecular complexity index is 137. The summed E-state index contributed by atoms with van der Waals surface area (Å²) >= 11 is 0. The summed E-state index contributed by atoms with van der Waals surface area (Å²) in [6, 6.07) is 0. The molecule has 0 aliphatic carbocycles. The van der Waals surface area contributed by atoms with Crippen LogP contribution in [0.4, 0.5) is 0 Å². The molecule has 0 heterocycles. The average Bonchev–Trinajstić information content (AvgIpc) is 2.17. The van der Waals surface area contributed by atoms with Gasteiger partial charge in [0.25, 0.3) is 5.97 Å². The van der Waals surface area contributed by atoms with Gasteiger partial charge in [-0.1, -0.05) is 0 Å². The SMILES string of the molecule is CCOC(C)C(O[SiH3])(OCC)OCC. The molecule has 0 rings (SSSR count). The minimum atomic E-state index is -1.01. The molecule has 14 heavy (non-hydrogen) atoms. The summed E-state index contributed by atoms with van der Waals surface area (Å²) < 4.78 is 21.9. The lowest BCUT2D eigenvalue weighted by atomic mass is 10.3. The molecule has 0 aromatic carbocycles. The second kappa shape index (κ2) is 7.36. The van der Waals surface area contributed by atoms with Gasteiger partial charge in [0, 0.05) is 19.8 Å². The van der Waals surface area contributed by atoms with Crippen LogP contribution in [-0.2, 0) is 18.6 Å². The molecule has 86 valence electrons. The van der Waals surface area contributed by atoms with Gasteiger partial charge >= 0.3 is 0 Å². The lowest BCUT2D eigenvalue weighted by molar-refractivity contribution is -0.379. The van der Waals surface area contributed by atoms with Gasteiger partial charge in [-0.05, 0) is 27.7 Å². The molecule has 0 saturated carbocycles. The highest BCUT2D eigenvalue weighted by molar-refractivity contribution is 5.98. The van der Waals surface area contributed by atoms with E-state index in [-0.39, 0.29) is 6.10 Å². The Morgan fingerprint density at radius 1 is 1.07 bits per heavy atom. The molecule has 5 heteroatoms. The predicted molar refractivity (Wildman–Crippen MR) is 58.1 cm³/mol. The second-order valence-corrected chi connectivity index (χ2v) is 3.18. The van der Waals surface area contributed by atoms with Crippen LogP contribution in [-0.4, -0.2) is 42.4 Å². The van der Waals surface area contributed by atoms with Crippen LogP contribution in [0.1, 0.15) is 27.7 Å². The Morgan fingerprint density at radius 2 is 1.57 bits per heavy atom. The summed E-state index contributed by atoms with van der Waals surface area (Å²) in [6.07, 6.45) is -0.218. The largest absolute Gasteiger partial charge is 0.378 e. The number of hydrogen-bond donors (Lipinski definition) is 0. The Kier molecular flexibility index (Phi) is 7.39. The third-order valence-electron chi connectivity index (χ3n) is 1.89. The third-order valence-corrected chi connectivity index (χ3v) is 2.46. The van der Waals surface area contributed by atoms with Gasteiger partial charge in [0.15, 0.2) is 10.5 Å². The molecule has 0 fully saturated rings. The normalized spacial score (nSPS) is 14.6. The van der Waals surface area contributed by atoms with E-state index in [1.165, 1.54) is 0 Å². The molecule has 0 saturated heterocycles. The fraction of sp³-hybridized carbons (Fsp3) is 1.00. The Labute approximate surface area is 89.4 Å². The van der Waals surface area contributed by atoms with Crippen LogP contribution in [0.15, 0.2) is 0 Å². The molecule has 1 atom stereocenters. The van der Waals surface area contributed by atoms with Crippen LogP contribution >= 0.6 is 0 Å². The maximum absolute atomic E-state index is 5.50. The van der Waals surface area contributed by atoms with E-state index in [0.717, 1.165) is 0 Å². The Hall–Kier alpha value is 0.0569. The van der Waals surface area contributed by atoms with Crippen LogP contribution in [0.2, 0.25) is 0 Å². The number of ether oxygens (including phenoxy) is 3. The summed E-state index contributed by atoms with van der Waals surface area (Å²) in [4.78, 5) is 0. The van der Waals surface area contributed by atoms with Gasteiger partial charge in [-0.3, -0.25) is 0 Å². The second-order valence-electron chi connectivity index (χ2n) is 2.77. The summed E-state index contributed by atoms with van der Waals surface area (Å²) in [6.45, 7) is 9.35. The van der Waals surface area contributed by atoms with Crippen LogP contribution in [0.25, 0.3) is 0 Å². The van der Waals surface area contributed by atoms with Gasteiger partial charge in [-0.15, -0.1) is 0 Å². The lowest BCUT2D eigenvalue weighted by Crippen LogP contribution is -2.49. The van der Waals surface area contributed by atoms with Crippen molar-refractivity contribution in [2.45, 2.75) is 39.8 Å². The van der Waals surface area contributed by atoms with E-state index in [4.69, 9.17) is 18.6 Å². The topological polar surface area (TPSA) is 36.9 Å². The first-order chi connectivity index (χ1) is 6.66. The first-order valence-electron chi connectivity index (χ1n) is 5.11. The Morgan fingerprint density at radius 3 is 1.86 bits per heavy atom. The zero-order chi connectivity index (χ0) is 11.0. The molecular formula is C9H22O4Si. The zero-order valence-electron chi connectivity index (χ0n) is 9.83. The highest BCUT2D eigenvalue weighted by atomic mass is 28.2. The van der Waals surface area contributed by atoms with Crippen molar-refractivity contribution in [1.82, 2.24) is 0 Å².